The number of hydrogen-bond acceptors (Lipinski definition) is 4. The number of fused-ring (bicyclic) bond motifs is 1. The number of rotatable bonds is 3. The Kier molecular flexibility index (Phi) is 4.58. The Morgan fingerprint density at radius 2 is 1.75 bits per heavy atom. The van der Waals surface area contributed by atoms with Gasteiger partial charge in [0.2, 0.25) is 15.9 Å². The van der Waals surface area contributed by atoms with Crippen molar-refractivity contribution < 1.29 is 13.2 Å². The second-order valence-electron chi connectivity index (χ2n) is 6.08. The number of carbonyl (C=O) groups excluding carboxylic acids is 1. The summed E-state index contributed by atoms with van der Waals surface area (Å²) in [5.74, 6) is -0.194. The number of nitrogens with zero attached hydrogens (tertiary/aromatic N) is 1. The third-order valence-corrected chi connectivity index (χ3v) is 6.27. The zero-order valence-corrected chi connectivity index (χ0v) is 14.3. The third-order valence-electron chi connectivity index (χ3n) is 4.31. The zero-order chi connectivity index (χ0) is 17.3. The minimum Gasteiger partial charge on any atom is -0.328 e. The van der Waals surface area contributed by atoms with Crippen molar-refractivity contribution in [3.63, 3.8) is 0 Å². The average molecular weight is 347 g/mol. The van der Waals surface area contributed by atoms with Crippen molar-refractivity contribution in [2.45, 2.75) is 30.7 Å². The van der Waals surface area contributed by atoms with Crippen LogP contribution in [0.4, 0.5) is 5.69 Å². The quantitative estimate of drug-likeness (QED) is 0.887. The summed E-state index contributed by atoms with van der Waals surface area (Å²) in [6.07, 6.45) is 1.34. The molecule has 0 aliphatic carbocycles. The lowest BCUT2D eigenvalue weighted by Crippen LogP contribution is -2.42. The van der Waals surface area contributed by atoms with Crippen LogP contribution in [0.15, 0.2) is 41.3 Å². The molecule has 1 aliphatic heterocycles. The summed E-state index contributed by atoms with van der Waals surface area (Å²) >= 11 is 0. The van der Waals surface area contributed by atoms with E-state index in [4.69, 9.17) is 5.73 Å². The van der Waals surface area contributed by atoms with Gasteiger partial charge in [-0.3, -0.25) is 4.79 Å². The van der Waals surface area contributed by atoms with Crippen LogP contribution >= 0.6 is 0 Å². The number of nitrogens with two attached hydrogens (primary N) is 1. The monoisotopic (exact) mass is 347 g/mol. The molecule has 24 heavy (non-hydrogen) atoms. The Morgan fingerprint density at radius 1 is 1.12 bits per heavy atom. The molecule has 1 fully saturated rings. The molecule has 0 spiro atoms. The van der Waals surface area contributed by atoms with Gasteiger partial charge in [0, 0.05) is 42.5 Å². The van der Waals surface area contributed by atoms with Crippen LogP contribution in [-0.2, 0) is 14.8 Å². The van der Waals surface area contributed by atoms with E-state index < -0.39 is 10.0 Å². The van der Waals surface area contributed by atoms with Gasteiger partial charge in [0.05, 0.1) is 4.90 Å². The first-order chi connectivity index (χ1) is 11.4. The molecule has 0 saturated carbocycles. The van der Waals surface area contributed by atoms with Gasteiger partial charge in [0.25, 0.3) is 0 Å². The first-order valence-corrected chi connectivity index (χ1v) is 9.38. The summed E-state index contributed by atoms with van der Waals surface area (Å²) in [7, 11) is -3.59. The third kappa shape index (κ3) is 3.15. The lowest BCUT2D eigenvalue weighted by atomic mass is 10.1. The van der Waals surface area contributed by atoms with Crippen molar-refractivity contribution in [1.82, 2.24) is 4.31 Å². The standard InChI is InChI=1S/C17H21N3O3S/c1-12(21)19-16-6-7-17(15-5-3-2-4-14(15)16)24(22,23)20-10-8-13(18)9-11-20/h2-7,13H,8-11,18H2,1H3,(H,19,21). The highest BCUT2D eigenvalue weighted by atomic mass is 32.2. The van der Waals surface area contributed by atoms with Crippen LogP contribution in [0, 0.1) is 0 Å². The maximum Gasteiger partial charge on any atom is 0.243 e. The average Bonchev–Trinajstić information content (AvgIpc) is 2.55. The maximum absolute atomic E-state index is 13.0. The first-order valence-electron chi connectivity index (χ1n) is 7.94. The lowest BCUT2D eigenvalue weighted by molar-refractivity contribution is -0.114. The van der Waals surface area contributed by atoms with Gasteiger partial charge in [-0.15, -0.1) is 0 Å². The van der Waals surface area contributed by atoms with E-state index in [1.54, 1.807) is 24.3 Å². The van der Waals surface area contributed by atoms with Gasteiger partial charge in [0.15, 0.2) is 0 Å². The van der Waals surface area contributed by atoms with Crippen LogP contribution in [-0.4, -0.2) is 37.8 Å². The highest BCUT2D eigenvalue weighted by molar-refractivity contribution is 7.89. The number of nitrogens with one attached hydrogen (secondary N) is 1. The molecule has 1 amide bonds. The van der Waals surface area contributed by atoms with Gasteiger partial charge in [-0.1, -0.05) is 24.3 Å². The summed E-state index contributed by atoms with van der Waals surface area (Å²) in [5, 5.41) is 4.07. The molecule has 3 rings (SSSR count). The molecule has 0 unspecified atom stereocenters. The number of piperidine rings is 1. The first kappa shape index (κ1) is 16.9. The fraction of sp³-hybridized carbons (Fsp3) is 0.353. The Hall–Kier alpha value is -1.96. The fourth-order valence-corrected chi connectivity index (χ4v) is 4.72. The molecule has 2 aromatic rings. The van der Waals surface area contributed by atoms with Crippen molar-refractivity contribution in [3.8, 4) is 0 Å². The number of anilines is 1. The Morgan fingerprint density at radius 3 is 2.38 bits per heavy atom. The summed E-state index contributed by atoms with van der Waals surface area (Å²) < 4.78 is 27.6. The molecule has 1 heterocycles. The van der Waals surface area contributed by atoms with Crippen molar-refractivity contribution >= 4 is 32.4 Å². The second kappa shape index (κ2) is 6.51. The fourth-order valence-electron chi connectivity index (χ4n) is 3.05. The van der Waals surface area contributed by atoms with Gasteiger partial charge in [-0.05, 0) is 25.0 Å². The Balaban J connectivity index is 2.08. The highest BCUT2D eigenvalue weighted by Gasteiger charge is 2.29. The van der Waals surface area contributed by atoms with E-state index in [2.05, 4.69) is 5.32 Å². The van der Waals surface area contributed by atoms with E-state index in [1.165, 1.54) is 11.2 Å². The molecule has 2 aromatic carbocycles. The van der Waals surface area contributed by atoms with E-state index in [0.717, 1.165) is 0 Å². The molecule has 0 aromatic heterocycles. The molecule has 0 radical (unpaired) electrons. The van der Waals surface area contributed by atoms with Crippen molar-refractivity contribution in [3.05, 3.63) is 36.4 Å². The molecule has 7 heteroatoms. The number of carbonyl (C=O) groups is 1. The normalized spacial score (nSPS) is 17.1. The summed E-state index contributed by atoms with van der Waals surface area (Å²) in [6.45, 7) is 2.30. The maximum atomic E-state index is 13.0. The summed E-state index contributed by atoms with van der Waals surface area (Å²) in [4.78, 5) is 11.6. The van der Waals surface area contributed by atoms with Crippen LogP contribution in [0.5, 0.6) is 0 Å². The molecule has 1 aliphatic rings. The molecule has 1 saturated heterocycles. The van der Waals surface area contributed by atoms with Crippen molar-refractivity contribution in [2.75, 3.05) is 18.4 Å². The molecule has 3 N–H and O–H groups in total. The molecule has 0 bridgehead atoms. The Bertz CT molecular complexity index is 872. The summed E-state index contributed by atoms with van der Waals surface area (Å²) in [5.41, 5.74) is 6.48. The smallest absolute Gasteiger partial charge is 0.243 e. The van der Waals surface area contributed by atoms with Crippen molar-refractivity contribution in [2.24, 2.45) is 5.73 Å². The molecule has 0 atom stereocenters. The number of hydrogen-bond donors (Lipinski definition) is 2. The van der Waals surface area contributed by atoms with E-state index in [9.17, 15) is 13.2 Å². The predicted octanol–water partition coefficient (Wildman–Crippen LogP) is 1.91. The van der Waals surface area contributed by atoms with Crippen molar-refractivity contribution in [1.29, 1.82) is 0 Å². The van der Waals surface area contributed by atoms with Gasteiger partial charge in [0.1, 0.15) is 0 Å². The van der Waals surface area contributed by atoms with Gasteiger partial charge >= 0.3 is 0 Å². The summed E-state index contributed by atoms with van der Waals surface area (Å²) in [6, 6.07) is 10.5. The zero-order valence-electron chi connectivity index (χ0n) is 13.5. The molecular formula is C17H21N3O3S. The minimum atomic E-state index is -3.59. The van der Waals surface area contributed by atoms with Crippen LogP contribution < -0.4 is 11.1 Å². The number of sulfonamides is 1. The topological polar surface area (TPSA) is 92.5 Å². The Labute approximate surface area is 141 Å². The van der Waals surface area contributed by atoms with Crippen LogP contribution in [0.2, 0.25) is 0 Å². The number of amides is 1. The SMILES string of the molecule is CC(=O)Nc1ccc(S(=O)(=O)N2CCC(N)CC2)c2ccccc12. The largest absolute Gasteiger partial charge is 0.328 e. The van der Waals surface area contributed by atoms with Gasteiger partial charge < -0.3 is 11.1 Å². The molecular weight excluding hydrogens is 326 g/mol. The molecule has 128 valence electrons. The van der Waals surface area contributed by atoms with Gasteiger partial charge in [-0.2, -0.15) is 4.31 Å². The van der Waals surface area contributed by atoms with E-state index in [0.29, 0.717) is 42.4 Å². The van der Waals surface area contributed by atoms with Gasteiger partial charge in [-0.25, -0.2) is 8.42 Å². The molecule has 6 nitrogen and oxygen atoms in total. The lowest BCUT2D eigenvalue weighted by Gasteiger charge is -2.29. The number of benzene rings is 2. The predicted molar refractivity (Wildman–Crippen MR) is 94.2 cm³/mol. The van der Waals surface area contributed by atoms with Crippen LogP contribution in [0.3, 0.4) is 0 Å². The van der Waals surface area contributed by atoms with E-state index in [1.807, 2.05) is 12.1 Å². The van der Waals surface area contributed by atoms with Crippen LogP contribution in [0.25, 0.3) is 10.8 Å². The van der Waals surface area contributed by atoms with E-state index in [-0.39, 0.29) is 16.8 Å². The highest BCUT2D eigenvalue weighted by Crippen LogP contribution is 2.32. The second-order valence-corrected chi connectivity index (χ2v) is 7.99. The van der Waals surface area contributed by atoms with E-state index >= 15 is 0 Å². The minimum absolute atomic E-state index is 0.0651. The van der Waals surface area contributed by atoms with Crippen LogP contribution in [0.1, 0.15) is 19.8 Å².